The summed E-state index contributed by atoms with van der Waals surface area (Å²) in [5.74, 6) is -2.54. The fraction of sp³-hybridized carbons (Fsp3) is 0.818. The molecule has 110 valence electrons. The van der Waals surface area contributed by atoms with Gasteiger partial charge in [0.05, 0.1) is 5.41 Å². The number of piperidine rings is 1. The fourth-order valence-electron chi connectivity index (χ4n) is 2.24. The Hall–Kier alpha value is -1.31. The second-order valence-electron chi connectivity index (χ2n) is 5.32. The summed E-state index contributed by atoms with van der Waals surface area (Å²) in [6.07, 6.45) is -3.96. The quantitative estimate of drug-likeness (QED) is 0.613. The van der Waals surface area contributed by atoms with E-state index in [0.717, 1.165) is 26.1 Å². The number of alkyl halides is 3. The standard InChI is InChI=1S/C9H16N2O.C2HF3O2/c1-8(2)7(12)11-4-3-9(8)5-10-6-9;3-2(4,5)1(6)7/h10H,3-6H2,1-2H3,(H,11,12);(H,6,7). The smallest absolute Gasteiger partial charge is 0.475 e. The molecule has 2 fully saturated rings. The van der Waals surface area contributed by atoms with Crippen molar-refractivity contribution in [2.75, 3.05) is 19.6 Å². The van der Waals surface area contributed by atoms with Crippen molar-refractivity contribution in [2.24, 2.45) is 10.8 Å². The van der Waals surface area contributed by atoms with Crippen LogP contribution < -0.4 is 10.6 Å². The van der Waals surface area contributed by atoms with E-state index in [-0.39, 0.29) is 16.7 Å². The van der Waals surface area contributed by atoms with Gasteiger partial charge in [-0.05, 0) is 6.42 Å². The molecule has 0 unspecified atom stereocenters. The molecule has 1 amide bonds. The van der Waals surface area contributed by atoms with Crippen molar-refractivity contribution in [1.82, 2.24) is 10.6 Å². The largest absolute Gasteiger partial charge is 0.490 e. The normalized spacial score (nSPS) is 23.7. The number of nitrogens with one attached hydrogen (secondary N) is 2. The lowest BCUT2D eigenvalue weighted by molar-refractivity contribution is -0.192. The van der Waals surface area contributed by atoms with Crippen molar-refractivity contribution in [1.29, 1.82) is 0 Å². The van der Waals surface area contributed by atoms with E-state index in [1.54, 1.807) is 0 Å². The van der Waals surface area contributed by atoms with Crippen LogP contribution in [0.25, 0.3) is 0 Å². The number of hydrogen-bond donors (Lipinski definition) is 3. The van der Waals surface area contributed by atoms with Crippen LogP contribution in [0, 0.1) is 10.8 Å². The third-order valence-corrected chi connectivity index (χ3v) is 3.95. The Bertz CT molecular complexity index is 376. The van der Waals surface area contributed by atoms with E-state index in [1.807, 2.05) is 0 Å². The van der Waals surface area contributed by atoms with E-state index in [4.69, 9.17) is 9.90 Å². The van der Waals surface area contributed by atoms with Crippen LogP contribution in [-0.2, 0) is 9.59 Å². The minimum absolute atomic E-state index is 0.184. The average molecular weight is 282 g/mol. The molecular weight excluding hydrogens is 265 g/mol. The molecule has 0 saturated carbocycles. The number of carboxylic acids is 1. The molecule has 2 aliphatic rings. The molecule has 0 bridgehead atoms. The zero-order valence-corrected chi connectivity index (χ0v) is 10.7. The maximum Gasteiger partial charge on any atom is 0.490 e. The lowest BCUT2D eigenvalue weighted by Crippen LogP contribution is -2.68. The van der Waals surface area contributed by atoms with Crippen LogP contribution in [0.3, 0.4) is 0 Å². The van der Waals surface area contributed by atoms with Crippen molar-refractivity contribution in [2.45, 2.75) is 26.4 Å². The van der Waals surface area contributed by atoms with Gasteiger partial charge in [0.25, 0.3) is 0 Å². The van der Waals surface area contributed by atoms with Gasteiger partial charge in [-0.3, -0.25) is 4.79 Å². The summed E-state index contributed by atoms with van der Waals surface area (Å²) in [7, 11) is 0. The van der Waals surface area contributed by atoms with Crippen molar-refractivity contribution in [3.63, 3.8) is 0 Å². The Labute approximate surface area is 108 Å². The highest BCUT2D eigenvalue weighted by molar-refractivity contribution is 5.84. The van der Waals surface area contributed by atoms with Gasteiger partial charge in [0, 0.05) is 25.0 Å². The van der Waals surface area contributed by atoms with Crippen molar-refractivity contribution in [3.8, 4) is 0 Å². The van der Waals surface area contributed by atoms with Crippen LogP contribution in [0.15, 0.2) is 0 Å². The molecule has 0 radical (unpaired) electrons. The van der Waals surface area contributed by atoms with Gasteiger partial charge in [-0.15, -0.1) is 0 Å². The second-order valence-corrected chi connectivity index (χ2v) is 5.32. The van der Waals surface area contributed by atoms with Crippen molar-refractivity contribution in [3.05, 3.63) is 0 Å². The number of amides is 1. The number of carbonyl (C=O) groups is 2. The zero-order valence-electron chi connectivity index (χ0n) is 10.7. The number of rotatable bonds is 0. The van der Waals surface area contributed by atoms with Gasteiger partial charge in [0.2, 0.25) is 5.91 Å². The Morgan fingerprint density at radius 1 is 1.32 bits per heavy atom. The maximum atomic E-state index is 11.6. The summed E-state index contributed by atoms with van der Waals surface area (Å²) < 4.78 is 31.7. The maximum absolute atomic E-state index is 11.6. The second kappa shape index (κ2) is 4.99. The van der Waals surface area contributed by atoms with E-state index < -0.39 is 12.1 Å². The van der Waals surface area contributed by atoms with Gasteiger partial charge >= 0.3 is 12.1 Å². The Morgan fingerprint density at radius 3 is 2.05 bits per heavy atom. The first-order valence-corrected chi connectivity index (χ1v) is 5.82. The predicted octanol–water partition coefficient (Wildman–Crippen LogP) is 0.755. The molecular formula is C11H17F3N2O3. The first-order valence-electron chi connectivity index (χ1n) is 5.82. The van der Waals surface area contributed by atoms with Gasteiger partial charge in [-0.2, -0.15) is 13.2 Å². The summed E-state index contributed by atoms with van der Waals surface area (Å²) in [5, 5.41) is 13.3. The molecule has 2 saturated heterocycles. The molecule has 19 heavy (non-hydrogen) atoms. The predicted molar refractivity (Wildman–Crippen MR) is 60.4 cm³/mol. The van der Waals surface area contributed by atoms with E-state index in [0.29, 0.717) is 0 Å². The Balaban J connectivity index is 0.000000224. The molecule has 0 aromatic carbocycles. The monoisotopic (exact) mass is 282 g/mol. The summed E-state index contributed by atoms with van der Waals surface area (Å²) in [6, 6.07) is 0. The molecule has 0 aromatic heterocycles. The van der Waals surface area contributed by atoms with Crippen LogP contribution in [0.4, 0.5) is 13.2 Å². The van der Waals surface area contributed by atoms with Crippen molar-refractivity contribution >= 4 is 11.9 Å². The topological polar surface area (TPSA) is 78.4 Å². The summed E-state index contributed by atoms with van der Waals surface area (Å²) >= 11 is 0. The number of carboxylic acid groups (broad SMARTS) is 1. The van der Waals surface area contributed by atoms with E-state index in [2.05, 4.69) is 24.5 Å². The van der Waals surface area contributed by atoms with Crippen LogP contribution in [0.1, 0.15) is 20.3 Å². The van der Waals surface area contributed by atoms with Crippen LogP contribution >= 0.6 is 0 Å². The van der Waals surface area contributed by atoms with Gasteiger partial charge < -0.3 is 15.7 Å². The summed E-state index contributed by atoms with van der Waals surface area (Å²) in [4.78, 5) is 20.5. The highest BCUT2D eigenvalue weighted by Crippen LogP contribution is 2.46. The zero-order chi connectivity index (χ0) is 14.9. The molecule has 2 heterocycles. The third kappa shape index (κ3) is 2.99. The molecule has 0 aromatic rings. The van der Waals surface area contributed by atoms with E-state index >= 15 is 0 Å². The molecule has 0 aliphatic carbocycles. The van der Waals surface area contributed by atoms with E-state index in [9.17, 15) is 18.0 Å². The van der Waals surface area contributed by atoms with Gasteiger partial charge in [-0.1, -0.05) is 13.8 Å². The number of aliphatic carboxylic acids is 1. The number of carbonyl (C=O) groups excluding carboxylic acids is 1. The fourth-order valence-corrected chi connectivity index (χ4v) is 2.24. The molecule has 3 N–H and O–H groups in total. The molecule has 5 nitrogen and oxygen atoms in total. The Kier molecular flexibility index (Phi) is 4.14. The minimum Gasteiger partial charge on any atom is -0.475 e. The highest BCUT2D eigenvalue weighted by atomic mass is 19.4. The number of halogens is 3. The SMILES string of the molecule is CC1(C)C(=O)NCCC12CNC2.O=C(O)C(F)(F)F. The molecule has 2 aliphatic heterocycles. The lowest BCUT2D eigenvalue weighted by Gasteiger charge is -2.55. The van der Waals surface area contributed by atoms with Crippen LogP contribution in [0.5, 0.6) is 0 Å². The van der Waals surface area contributed by atoms with Gasteiger partial charge in [0.15, 0.2) is 0 Å². The highest BCUT2D eigenvalue weighted by Gasteiger charge is 2.55. The third-order valence-electron chi connectivity index (χ3n) is 3.95. The Morgan fingerprint density at radius 2 is 1.79 bits per heavy atom. The van der Waals surface area contributed by atoms with Crippen LogP contribution in [-0.4, -0.2) is 42.8 Å². The number of hydrogen-bond acceptors (Lipinski definition) is 3. The van der Waals surface area contributed by atoms with Crippen LogP contribution in [0.2, 0.25) is 0 Å². The molecule has 2 rings (SSSR count). The lowest BCUT2D eigenvalue weighted by atomic mass is 9.58. The summed E-state index contributed by atoms with van der Waals surface area (Å²) in [6.45, 7) is 6.98. The summed E-state index contributed by atoms with van der Waals surface area (Å²) in [5.41, 5.74) is 0.0613. The molecule has 8 heteroatoms. The first kappa shape index (κ1) is 15.7. The van der Waals surface area contributed by atoms with Gasteiger partial charge in [-0.25, -0.2) is 4.79 Å². The average Bonchev–Trinajstić information content (AvgIpc) is 2.19. The molecule has 0 atom stereocenters. The van der Waals surface area contributed by atoms with E-state index in [1.165, 1.54) is 0 Å². The van der Waals surface area contributed by atoms with Crippen molar-refractivity contribution < 1.29 is 27.9 Å². The van der Waals surface area contributed by atoms with Gasteiger partial charge in [0.1, 0.15) is 0 Å². The minimum atomic E-state index is -5.08. The first-order chi connectivity index (χ1) is 8.53. The molecule has 1 spiro atoms.